The van der Waals surface area contributed by atoms with Crippen LogP contribution in [0.15, 0.2) is 24.3 Å². The lowest BCUT2D eigenvalue weighted by Crippen LogP contribution is -2.46. The molecule has 8 heteroatoms. The topological polar surface area (TPSA) is 119 Å². The molecule has 3 amide bonds. The van der Waals surface area contributed by atoms with Crippen molar-refractivity contribution in [2.24, 2.45) is 0 Å². The fraction of sp³-hybridized carbons (Fsp3) is 0.308. The number of aromatic hydroxyl groups is 1. The van der Waals surface area contributed by atoms with Gasteiger partial charge in [-0.25, -0.2) is 4.79 Å². The normalized spacial score (nSPS) is 9.76. The van der Waals surface area contributed by atoms with Crippen molar-refractivity contribution in [2.45, 2.75) is 6.92 Å². The number of anilines is 1. The van der Waals surface area contributed by atoms with E-state index in [2.05, 4.69) is 10.6 Å². The summed E-state index contributed by atoms with van der Waals surface area (Å²) >= 11 is 0. The van der Waals surface area contributed by atoms with Crippen LogP contribution in [0.4, 0.5) is 10.5 Å². The number of nitrogens with one attached hydrogen (secondary N) is 2. The Balaban J connectivity index is 2.77. The van der Waals surface area contributed by atoms with Crippen LogP contribution >= 0.6 is 0 Å². The van der Waals surface area contributed by atoms with E-state index in [4.69, 9.17) is 5.11 Å². The third-order valence-electron chi connectivity index (χ3n) is 2.47. The van der Waals surface area contributed by atoms with Crippen LogP contribution in [-0.2, 0) is 9.59 Å². The fourth-order valence-electron chi connectivity index (χ4n) is 1.56. The van der Waals surface area contributed by atoms with Gasteiger partial charge in [-0.15, -0.1) is 0 Å². The number of hydrogen-bond donors (Lipinski definition) is 4. The summed E-state index contributed by atoms with van der Waals surface area (Å²) in [7, 11) is 0. The van der Waals surface area contributed by atoms with Gasteiger partial charge in [-0.1, -0.05) is 0 Å². The third-order valence-corrected chi connectivity index (χ3v) is 2.47. The molecule has 4 N–H and O–H groups in total. The zero-order valence-corrected chi connectivity index (χ0v) is 11.5. The first-order valence-electron chi connectivity index (χ1n) is 6.27. The van der Waals surface area contributed by atoms with E-state index in [9.17, 15) is 19.5 Å². The molecular weight excluding hydrogens is 278 g/mol. The molecule has 0 heterocycles. The lowest BCUT2D eigenvalue weighted by molar-refractivity contribution is -0.135. The Labute approximate surface area is 121 Å². The second-order valence-electron chi connectivity index (χ2n) is 4.11. The van der Waals surface area contributed by atoms with Crippen LogP contribution in [0.25, 0.3) is 0 Å². The number of hydrogen-bond acceptors (Lipinski definition) is 4. The van der Waals surface area contributed by atoms with Gasteiger partial charge in [0, 0.05) is 12.2 Å². The molecule has 0 saturated carbocycles. The Morgan fingerprint density at radius 1 is 1.14 bits per heavy atom. The first kappa shape index (κ1) is 16.3. The van der Waals surface area contributed by atoms with E-state index in [-0.39, 0.29) is 18.2 Å². The molecule has 114 valence electrons. The first-order valence-corrected chi connectivity index (χ1v) is 6.27. The van der Waals surface area contributed by atoms with E-state index in [0.29, 0.717) is 12.2 Å². The zero-order valence-electron chi connectivity index (χ0n) is 11.5. The van der Waals surface area contributed by atoms with E-state index < -0.39 is 18.5 Å². The van der Waals surface area contributed by atoms with Crippen LogP contribution in [0.1, 0.15) is 6.92 Å². The number of carboxylic acids is 1. The number of carbonyl (C=O) groups excluding carboxylic acids is 2. The second-order valence-corrected chi connectivity index (χ2v) is 4.11. The average molecular weight is 295 g/mol. The minimum atomic E-state index is -1.20. The summed E-state index contributed by atoms with van der Waals surface area (Å²) < 4.78 is 0. The minimum absolute atomic E-state index is 0.00300. The highest BCUT2D eigenvalue weighted by atomic mass is 16.4. The molecule has 0 saturated heterocycles. The number of nitrogens with zero attached hydrogens (tertiary/aromatic N) is 1. The maximum atomic E-state index is 12.0. The summed E-state index contributed by atoms with van der Waals surface area (Å²) in [5.74, 6) is -1.57. The zero-order chi connectivity index (χ0) is 15.8. The van der Waals surface area contributed by atoms with Crippen LogP contribution in [0.3, 0.4) is 0 Å². The van der Waals surface area contributed by atoms with E-state index in [0.717, 1.165) is 4.90 Å². The molecule has 0 fully saturated rings. The summed E-state index contributed by atoms with van der Waals surface area (Å²) in [4.78, 5) is 35.1. The van der Waals surface area contributed by atoms with Crippen LogP contribution in [0.5, 0.6) is 5.75 Å². The number of urea groups is 1. The Kier molecular flexibility index (Phi) is 5.99. The van der Waals surface area contributed by atoms with Crippen LogP contribution < -0.4 is 15.5 Å². The second kappa shape index (κ2) is 7.73. The molecule has 0 atom stereocenters. The Morgan fingerprint density at radius 3 is 2.29 bits per heavy atom. The number of carboxylic acid groups (broad SMARTS) is 1. The van der Waals surface area contributed by atoms with Crippen molar-refractivity contribution in [1.29, 1.82) is 0 Å². The molecule has 0 aliphatic rings. The smallest absolute Gasteiger partial charge is 0.323 e. The third kappa shape index (κ3) is 5.39. The number of benzene rings is 1. The standard InChI is InChI=1S/C13H17N3O5/c1-2-14-11(18)7-15-13(21)16(8-12(19)20)9-3-5-10(17)6-4-9/h3-6,17H,2,7-8H2,1H3,(H,14,18)(H,15,21)(H,19,20). The summed E-state index contributed by atoms with van der Waals surface area (Å²) in [6, 6.07) is 4.77. The van der Waals surface area contributed by atoms with Gasteiger partial charge < -0.3 is 20.8 Å². The summed E-state index contributed by atoms with van der Waals surface area (Å²) in [5, 5.41) is 22.9. The van der Waals surface area contributed by atoms with E-state index in [1.807, 2.05) is 0 Å². The Bertz CT molecular complexity index is 515. The van der Waals surface area contributed by atoms with Gasteiger partial charge in [0.25, 0.3) is 0 Å². The molecule has 0 bridgehead atoms. The number of carbonyl (C=O) groups is 3. The van der Waals surface area contributed by atoms with Gasteiger partial charge in [0.05, 0.1) is 6.54 Å². The molecule has 21 heavy (non-hydrogen) atoms. The van der Waals surface area contributed by atoms with Crippen molar-refractivity contribution in [2.75, 3.05) is 24.5 Å². The summed E-state index contributed by atoms with van der Waals surface area (Å²) in [5.41, 5.74) is 0.295. The molecule has 1 rings (SSSR count). The van der Waals surface area contributed by atoms with Gasteiger partial charge in [0.2, 0.25) is 5.91 Å². The van der Waals surface area contributed by atoms with E-state index in [1.54, 1.807) is 6.92 Å². The highest BCUT2D eigenvalue weighted by Gasteiger charge is 2.19. The van der Waals surface area contributed by atoms with Gasteiger partial charge >= 0.3 is 12.0 Å². The molecule has 0 radical (unpaired) electrons. The molecular formula is C13H17N3O5. The summed E-state index contributed by atoms with van der Waals surface area (Å²) in [6.45, 7) is 1.37. The highest BCUT2D eigenvalue weighted by molar-refractivity contribution is 5.97. The number of phenols is 1. The molecule has 0 aliphatic carbocycles. The number of phenolic OH excluding ortho intramolecular Hbond substituents is 1. The van der Waals surface area contributed by atoms with Crippen molar-refractivity contribution < 1.29 is 24.6 Å². The summed E-state index contributed by atoms with van der Waals surface area (Å²) in [6.07, 6.45) is 0. The minimum Gasteiger partial charge on any atom is -0.508 e. The van der Waals surface area contributed by atoms with Gasteiger partial charge in [-0.2, -0.15) is 0 Å². The van der Waals surface area contributed by atoms with E-state index >= 15 is 0 Å². The molecule has 0 spiro atoms. The van der Waals surface area contributed by atoms with Crippen molar-refractivity contribution in [3.8, 4) is 5.75 Å². The Hall–Kier alpha value is -2.77. The number of likely N-dealkylation sites (N-methyl/N-ethyl adjacent to an activating group) is 1. The number of rotatable bonds is 6. The maximum absolute atomic E-state index is 12.0. The van der Waals surface area contributed by atoms with Crippen molar-refractivity contribution in [1.82, 2.24) is 10.6 Å². The number of aliphatic carboxylic acids is 1. The van der Waals surface area contributed by atoms with Crippen LogP contribution in [0.2, 0.25) is 0 Å². The first-order chi connectivity index (χ1) is 9.93. The van der Waals surface area contributed by atoms with Crippen LogP contribution in [0, 0.1) is 0 Å². The SMILES string of the molecule is CCNC(=O)CNC(=O)N(CC(=O)O)c1ccc(O)cc1. The maximum Gasteiger partial charge on any atom is 0.323 e. The fourth-order valence-corrected chi connectivity index (χ4v) is 1.56. The van der Waals surface area contributed by atoms with Gasteiger partial charge in [0.15, 0.2) is 0 Å². The number of amides is 3. The monoisotopic (exact) mass is 295 g/mol. The van der Waals surface area contributed by atoms with Gasteiger partial charge in [-0.3, -0.25) is 14.5 Å². The van der Waals surface area contributed by atoms with Gasteiger partial charge in [-0.05, 0) is 31.2 Å². The molecule has 0 unspecified atom stereocenters. The highest BCUT2D eigenvalue weighted by Crippen LogP contribution is 2.18. The molecule has 0 aromatic heterocycles. The molecule has 1 aromatic rings. The lowest BCUT2D eigenvalue weighted by Gasteiger charge is -2.21. The predicted octanol–water partition coefficient (Wildman–Crippen LogP) is 0.129. The van der Waals surface area contributed by atoms with Gasteiger partial charge in [0.1, 0.15) is 12.3 Å². The quantitative estimate of drug-likeness (QED) is 0.594. The van der Waals surface area contributed by atoms with E-state index in [1.165, 1.54) is 24.3 Å². The van der Waals surface area contributed by atoms with Crippen LogP contribution in [-0.4, -0.2) is 47.8 Å². The average Bonchev–Trinajstić information content (AvgIpc) is 2.43. The lowest BCUT2D eigenvalue weighted by atomic mass is 10.3. The molecule has 0 aliphatic heterocycles. The molecule has 1 aromatic carbocycles. The van der Waals surface area contributed by atoms with Crippen molar-refractivity contribution in [3.63, 3.8) is 0 Å². The predicted molar refractivity (Wildman–Crippen MR) is 75.2 cm³/mol. The molecule has 8 nitrogen and oxygen atoms in total. The van der Waals surface area contributed by atoms with Crippen molar-refractivity contribution >= 4 is 23.6 Å². The largest absolute Gasteiger partial charge is 0.508 e. The van der Waals surface area contributed by atoms with Crippen molar-refractivity contribution in [3.05, 3.63) is 24.3 Å². The Morgan fingerprint density at radius 2 is 1.76 bits per heavy atom.